The standard InChI is InChI=1S/C9H13FN2O/c10-7-3-1-2-6(4-7)9(12)8(13)5-11/h1-4,8-9,13H,5,11-12H2. The van der Waals surface area contributed by atoms with Crippen molar-refractivity contribution >= 4 is 0 Å². The minimum Gasteiger partial charge on any atom is -0.390 e. The molecule has 72 valence electrons. The molecular formula is C9H13FN2O. The van der Waals surface area contributed by atoms with Crippen LogP contribution in [-0.4, -0.2) is 17.8 Å². The number of hydrogen-bond donors (Lipinski definition) is 3. The Morgan fingerprint density at radius 3 is 2.69 bits per heavy atom. The monoisotopic (exact) mass is 184 g/mol. The van der Waals surface area contributed by atoms with Crippen molar-refractivity contribution in [3.05, 3.63) is 35.6 Å². The molecule has 0 bridgehead atoms. The van der Waals surface area contributed by atoms with Gasteiger partial charge in [0.25, 0.3) is 0 Å². The molecule has 2 atom stereocenters. The molecule has 1 aromatic rings. The van der Waals surface area contributed by atoms with Crippen LogP contribution in [0.25, 0.3) is 0 Å². The van der Waals surface area contributed by atoms with Gasteiger partial charge in [0.1, 0.15) is 5.82 Å². The maximum absolute atomic E-state index is 12.7. The molecule has 5 N–H and O–H groups in total. The molecule has 0 aromatic heterocycles. The number of hydrogen-bond acceptors (Lipinski definition) is 3. The van der Waals surface area contributed by atoms with Gasteiger partial charge in [-0.2, -0.15) is 0 Å². The second-order valence-corrected chi connectivity index (χ2v) is 2.88. The summed E-state index contributed by atoms with van der Waals surface area (Å²) < 4.78 is 12.7. The highest BCUT2D eigenvalue weighted by Gasteiger charge is 2.14. The van der Waals surface area contributed by atoms with Crippen molar-refractivity contribution < 1.29 is 9.50 Å². The van der Waals surface area contributed by atoms with Crippen molar-refractivity contribution in [2.45, 2.75) is 12.1 Å². The first-order valence-corrected chi connectivity index (χ1v) is 4.04. The van der Waals surface area contributed by atoms with Gasteiger partial charge in [0.2, 0.25) is 0 Å². The fraction of sp³-hybridized carbons (Fsp3) is 0.333. The molecule has 0 radical (unpaired) electrons. The Bertz CT molecular complexity index is 280. The lowest BCUT2D eigenvalue weighted by Gasteiger charge is -2.17. The molecule has 0 saturated heterocycles. The molecule has 3 nitrogen and oxygen atoms in total. The molecule has 0 amide bonds. The third-order valence-corrected chi connectivity index (χ3v) is 1.89. The van der Waals surface area contributed by atoms with E-state index < -0.39 is 12.1 Å². The Morgan fingerprint density at radius 1 is 1.46 bits per heavy atom. The summed E-state index contributed by atoms with van der Waals surface area (Å²) in [6, 6.07) is 5.20. The zero-order valence-corrected chi connectivity index (χ0v) is 7.15. The third kappa shape index (κ3) is 2.48. The quantitative estimate of drug-likeness (QED) is 0.626. The van der Waals surface area contributed by atoms with Gasteiger partial charge in [-0.05, 0) is 17.7 Å². The first-order valence-electron chi connectivity index (χ1n) is 4.04. The highest BCUT2D eigenvalue weighted by Crippen LogP contribution is 2.14. The summed E-state index contributed by atoms with van der Waals surface area (Å²) >= 11 is 0. The maximum Gasteiger partial charge on any atom is 0.123 e. The highest BCUT2D eigenvalue weighted by atomic mass is 19.1. The van der Waals surface area contributed by atoms with Crippen molar-refractivity contribution in [1.29, 1.82) is 0 Å². The van der Waals surface area contributed by atoms with Crippen LogP contribution in [0.4, 0.5) is 4.39 Å². The second kappa shape index (κ2) is 4.32. The lowest BCUT2D eigenvalue weighted by Crippen LogP contribution is -2.32. The molecule has 2 unspecified atom stereocenters. The minimum absolute atomic E-state index is 0.0671. The van der Waals surface area contributed by atoms with Gasteiger partial charge < -0.3 is 16.6 Å². The van der Waals surface area contributed by atoms with E-state index in [-0.39, 0.29) is 12.4 Å². The van der Waals surface area contributed by atoms with E-state index in [9.17, 15) is 9.50 Å². The third-order valence-electron chi connectivity index (χ3n) is 1.89. The number of aliphatic hydroxyl groups excluding tert-OH is 1. The van der Waals surface area contributed by atoms with Crippen LogP contribution < -0.4 is 11.5 Å². The van der Waals surface area contributed by atoms with E-state index in [0.717, 1.165) is 0 Å². The first-order chi connectivity index (χ1) is 6.15. The Morgan fingerprint density at radius 2 is 2.15 bits per heavy atom. The van der Waals surface area contributed by atoms with Crippen LogP contribution in [0, 0.1) is 5.82 Å². The van der Waals surface area contributed by atoms with Gasteiger partial charge in [-0.25, -0.2) is 4.39 Å². The predicted octanol–water partition coefficient (Wildman–Crippen LogP) is 0.145. The molecule has 0 heterocycles. The molecular weight excluding hydrogens is 171 g/mol. The van der Waals surface area contributed by atoms with Gasteiger partial charge in [-0.1, -0.05) is 12.1 Å². The average molecular weight is 184 g/mol. The molecule has 0 spiro atoms. The molecule has 0 aliphatic heterocycles. The molecule has 0 aliphatic carbocycles. The van der Waals surface area contributed by atoms with Gasteiger partial charge in [-0.3, -0.25) is 0 Å². The average Bonchev–Trinajstić information content (AvgIpc) is 2.15. The van der Waals surface area contributed by atoms with Crippen LogP contribution in [0.1, 0.15) is 11.6 Å². The molecule has 0 aliphatic rings. The number of rotatable bonds is 3. The van der Waals surface area contributed by atoms with E-state index in [0.29, 0.717) is 5.56 Å². The number of halogens is 1. The number of aliphatic hydroxyl groups is 1. The fourth-order valence-corrected chi connectivity index (χ4v) is 1.08. The van der Waals surface area contributed by atoms with Crippen molar-refractivity contribution in [2.24, 2.45) is 11.5 Å². The molecule has 1 aromatic carbocycles. The van der Waals surface area contributed by atoms with Gasteiger partial charge in [0, 0.05) is 6.54 Å². The van der Waals surface area contributed by atoms with Crippen LogP contribution in [-0.2, 0) is 0 Å². The summed E-state index contributed by atoms with van der Waals surface area (Å²) in [6.45, 7) is 0.0671. The van der Waals surface area contributed by atoms with E-state index in [4.69, 9.17) is 11.5 Å². The summed E-state index contributed by atoms with van der Waals surface area (Å²) in [5.41, 5.74) is 11.4. The van der Waals surface area contributed by atoms with Gasteiger partial charge in [0.05, 0.1) is 12.1 Å². The molecule has 13 heavy (non-hydrogen) atoms. The molecule has 0 fully saturated rings. The zero-order valence-electron chi connectivity index (χ0n) is 7.15. The second-order valence-electron chi connectivity index (χ2n) is 2.88. The Balaban J connectivity index is 2.82. The van der Waals surface area contributed by atoms with Crippen molar-refractivity contribution in [2.75, 3.05) is 6.54 Å². The fourth-order valence-electron chi connectivity index (χ4n) is 1.08. The summed E-state index contributed by atoms with van der Waals surface area (Å²) in [5.74, 6) is -0.364. The summed E-state index contributed by atoms with van der Waals surface area (Å²) in [6.07, 6.45) is -0.832. The Kier molecular flexibility index (Phi) is 3.36. The summed E-state index contributed by atoms with van der Waals surface area (Å²) in [5, 5.41) is 9.30. The van der Waals surface area contributed by atoms with Crippen LogP contribution in [0.3, 0.4) is 0 Å². The number of benzene rings is 1. The summed E-state index contributed by atoms with van der Waals surface area (Å²) in [7, 11) is 0. The van der Waals surface area contributed by atoms with E-state index in [2.05, 4.69) is 0 Å². The van der Waals surface area contributed by atoms with Gasteiger partial charge in [-0.15, -0.1) is 0 Å². The van der Waals surface area contributed by atoms with E-state index in [1.165, 1.54) is 12.1 Å². The molecule has 0 saturated carbocycles. The van der Waals surface area contributed by atoms with E-state index >= 15 is 0 Å². The minimum atomic E-state index is -0.832. The number of nitrogens with two attached hydrogens (primary N) is 2. The largest absolute Gasteiger partial charge is 0.390 e. The van der Waals surface area contributed by atoms with Gasteiger partial charge >= 0.3 is 0 Å². The first kappa shape index (κ1) is 10.1. The van der Waals surface area contributed by atoms with Crippen molar-refractivity contribution in [3.63, 3.8) is 0 Å². The normalized spacial score (nSPS) is 15.4. The highest BCUT2D eigenvalue weighted by molar-refractivity contribution is 5.20. The van der Waals surface area contributed by atoms with Gasteiger partial charge in [0.15, 0.2) is 0 Å². The topological polar surface area (TPSA) is 72.3 Å². The Hall–Kier alpha value is -0.970. The van der Waals surface area contributed by atoms with Crippen molar-refractivity contribution in [1.82, 2.24) is 0 Å². The van der Waals surface area contributed by atoms with Crippen LogP contribution in [0.2, 0.25) is 0 Å². The lowest BCUT2D eigenvalue weighted by molar-refractivity contribution is 0.153. The van der Waals surface area contributed by atoms with Crippen molar-refractivity contribution in [3.8, 4) is 0 Å². The van der Waals surface area contributed by atoms with Crippen LogP contribution >= 0.6 is 0 Å². The summed E-state index contributed by atoms with van der Waals surface area (Å²) in [4.78, 5) is 0. The van der Waals surface area contributed by atoms with E-state index in [1.54, 1.807) is 12.1 Å². The molecule has 4 heteroatoms. The van der Waals surface area contributed by atoms with Crippen LogP contribution in [0.15, 0.2) is 24.3 Å². The maximum atomic E-state index is 12.7. The Labute approximate surface area is 76.2 Å². The SMILES string of the molecule is NCC(O)C(N)c1cccc(F)c1. The zero-order chi connectivity index (χ0) is 9.84. The lowest BCUT2D eigenvalue weighted by atomic mass is 10.0. The van der Waals surface area contributed by atoms with Crippen LogP contribution in [0.5, 0.6) is 0 Å². The smallest absolute Gasteiger partial charge is 0.123 e. The molecule has 1 rings (SSSR count). The van der Waals surface area contributed by atoms with E-state index in [1.807, 2.05) is 0 Å². The predicted molar refractivity (Wildman–Crippen MR) is 48.4 cm³/mol.